The highest BCUT2D eigenvalue weighted by atomic mass is 16.1. The third-order valence-corrected chi connectivity index (χ3v) is 3.98. The van der Waals surface area contributed by atoms with E-state index in [2.05, 4.69) is 38.2 Å². The van der Waals surface area contributed by atoms with Gasteiger partial charge >= 0.3 is 0 Å². The molecule has 1 atom stereocenters. The Balaban J connectivity index is 2.19. The molecule has 116 valence electrons. The first kappa shape index (κ1) is 16.3. The minimum Gasteiger partial charge on any atom is -0.345 e. The van der Waals surface area contributed by atoms with Gasteiger partial charge in [0.1, 0.15) is 0 Å². The summed E-state index contributed by atoms with van der Waals surface area (Å²) in [5, 5.41) is 3.19. The molecule has 0 saturated heterocycles. The van der Waals surface area contributed by atoms with Crippen molar-refractivity contribution in [3.63, 3.8) is 0 Å². The summed E-state index contributed by atoms with van der Waals surface area (Å²) in [4.78, 5) is 12.6. The number of aryl methyl sites for hydroxylation is 2. The number of hydrogen-bond acceptors (Lipinski definition) is 1. The van der Waals surface area contributed by atoms with Crippen LogP contribution in [0.4, 0.5) is 0 Å². The van der Waals surface area contributed by atoms with E-state index in [9.17, 15) is 4.79 Å². The van der Waals surface area contributed by atoms with Crippen molar-refractivity contribution in [2.24, 2.45) is 5.92 Å². The Bertz CT molecular complexity index is 631. The van der Waals surface area contributed by atoms with E-state index in [1.165, 1.54) is 5.56 Å². The summed E-state index contributed by atoms with van der Waals surface area (Å²) in [5.41, 5.74) is 4.24. The van der Waals surface area contributed by atoms with Crippen molar-refractivity contribution in [3.8, 4) is 0 Å². The molecule has 1 unspecified atom stereocenters. The number of nitrogens with one attached hydrogen (secondary N) is 1. The molecule has 2 rings (SSSR count). The van der Waals surface area contributed by atoms with Crippen molar-refractivity contribution in [3.05, 3.63) is 70.8 Å². The number of rotatable bonds is 5. The molecule has 2 aromatic rings. The van der Waals surface area contributed by atoms with Crippen LogP contribution in [0.3, 0.4) is 0 Å². The maximum atomic E-state index is 12.6. The first-order valence-corrected chi connectivity index (χ1v) is 7.90. The standard InChI is InChI=1S/C20H25NO/c1-14(2)12-19(17-8-6-5-7-9-17)21-20(22)18-11-10-15(3)16(4)13-18/h5-11,13-14,19H,12H2,1-4H3,(H,21,22). The van der Waals surface area contributed by atoms with Gasteiger partial charge in [0.25, 0.3) is 5.91 Å². The van der Waals surface area contributed by atoms with Crippen molar-refractivity contribution >= 4 is 5.91 Å². The van der Waals surface area contributed by atoms with E-state index in [-0.39, 0.29) is 11.9 Å². The second-order valence-corrected chi connectivity index (χ2v) is 6.37. The summed E-state index contributed by atoms with van der Waals surface area (Å²) in [6.07, 6.45) is 0.931. The molecule has 1 N–H and O–H groups in total. The molecule has 0 radical (unpaired) electrons. The van der Waals surface area contributed by atoms with Crippen LogP contribution in [-0.2, 0) is 0 Å². The van der Waals surface area contributed by atoms with Gasteiger partial charge in [-0.25, -0.2) is 0 Å². The van der Waals surface area contributed by atoms with E-state index in [4.69, 9.17) is 0 Å². The number of hydrogen-bond donors (Lipinski definition) is 1. The summed E-state index contributed by atoms with van der Waals surface area (Å²) in [7, 11) is 0. The molecule has 0 aliphatic rings. The zero-order chi connectivity index (χ0) is 16.1. The second-order valence-electron chi connectivity index (χ2n) is 6.37. The second kappa shape index (κ2) is 7.26. The molecule has 0 heterocycles. The van der Waals surface area contributed by atoms with Crippen LogP contribution >= 0.6 is 0 Å². The van der Waals surface area contributed by atoms with Crippen molar-refractivity contribution in [1.82, 2.24) is 5.32 Å². The minimum absolute atomic E-state index is 0.00222. The molecule has 0 fully saturated rings. The lowest BCUT2D eigenvalue weighted by molar-refractivity contribution is 0.0932. The fourth-order valence-corrected chi connectivity index (χ4v) is 2.56. The highest BCUT2D eigenvalue weighted by Gasteiger charge is 2.17. The Morgan fingerprint density at radius 3 is 2.27 bits per heavy atom. The van der Waals surface area contributed by atoms with Crippen molar-refractivity contribution in [2.45, 2.75) is 40.2 Å². The van der Waals surface area contributed by atoms with Crippen LogP contribution in [0.15, 0.2) is 48.5 Å². The van der Waals surface area contributed by atoms with Gasteiger partial charge in [-0.1, -0.05) is 50.2 Å². The highest BCUT2D eigenvalue weighted by molar-refractivity contribution is 5.94. The highest BCUT2D eigenvalue weighted by Crippen LogP contribution is 2.22. The fourth-order valence-electron chi connectivity index (χ4n) is 2.56. The Kier molecular flexibility index (Phi) is 5.37. The van der Waals surface area contributed by atoms with E-state index < -0.39 is 0 Å². The topological polar surface area (TPSA) is 29.1 Å². The van der Waals surface area contributed by atoms with E-state index >= 15 is 0 Å². The van der Waals surface area contributed by atoms with E-state index in [1.54, 1.807) is 0 Å². The first-order chi connectivity index (χ1) is 10.5. The van der Waals surface area contributed by atoms with Gasteiger partial charge in [0.05, 0.1) is 6.04 Å². The Morgan fingerprint density at radius 2 is 1.68 bits per heavy atom. The molecule has 0 bridgehead atoms. The summed E-state index contributed by atoms with van der Waals surface area (Å²) in [5.74, 6) is 0.517. The smallest absolute Gasteiger partial charge is 0.251 e. The zero-order valence-corrected chi connectivity index (χ0v) is 13.9. The zero-order valence-electron chi connectivity index (χ0n) is 13.9. The molecule has 0 saturated carbocycles. The molecule has 0 aliphatic heterocycles. The van der Waals surface area contributed by atoms with Crippen LogP contribution in [0.5, 0.6) is 0 Å². The van der Waals surface area contributed by atoms with Crippen LogP contribution in [0.25, 0.3) is 0 Å². The normalized spacial score (nSPS) is 12.2. The quantitative estimate of drug-likeness (QED) is 0.841. The van der Waals surface area contributed by atoms with Crippen LogP contribution in [0, 0.1) is 19.8 Å². The molecule has 0 spiro atoms. The number of carbonyl (C=O) groups is 1. The molecular formula is C20H25NO. The Morgan fingerprint density at radius 1 is 1.00 bits per heavy atom. The summed E-state index contributed by atoms with van der Waals surface area (Å²) >= 11 is 0. The van der Waals surface area contributed by atoms with Crippen LogP contribution in [-0.4, -0.2) is 5.91 Å². The van der Waals surface area contributed by atoms with Crippen LogP contribution < -0.4 is 5.32 Å². The lowest BCUT2D eigenvalue weighted by Gasteiger charge is -2.21. The predicted molar refractivity (Wildman–Crippen MR) is 92.0 cm³/mol. The Hall–Kier alpha value is -2.09. The molecule has 1 amide bonds. The molecule has 2 nitrogen and oxygen atoms in total. The Labute approximate surface area is 133 Å². The number of carbonyl (C=O) groups excluding carboxylic acids is 1. The monoisotopic (exact) mass is 295 g/mol. The maximum absolute atomic E-state index is 12.6. The van der Waals surface area contributed by atoms with Gasteiger partial charge in [0.15, 0.2) is 0 Å². The van der Waals surface area contributed by atoms with Gasteiger partial charge in [-0.15, -0.1) is 0 Å². The van der Waals surface area contributed by atoms with Crippen molar-refractivity contribution in [1.29, 1.82) is 0 Å². The van der Waals surface area contributed by atoms with Crippen molar-refractivity contribution < 1.29 is 4.79 Å². The average Bonchev–Trinajstić information content (AvgIpc) is 2.49. The SMILES string of the molecule is Cc1ccc(C(=O)NC(CC(C)C)c2ccccc2)cc1C. The lowest BCUT2D eigenvalue weighted by Crippen LogP contribution is -2.29. The molecule has 2 aromatic carbocycles. The number of benzene rings is 2. The third-order valence-electron chi connectivity index (χ3n) is 3.98. The van der Waals surface area contributed by atoms with Gasteiger partial charge in [0, 0.05) is 5.56 Å². The van der Waals surface area contributed by atoms with Crippen LogP contribution in [0.1, 0.15) is 53.4 Å². The van der Waals surface area contributed by atoms with Gasteiger partial charge < -0.3 is 5.32 Å². The molecule has 22 heavy (non-hydrogen) atoms. The molecule has 0 aliphatic carbocycles. The van der Waals surface area contributed by atoms with Gasteiger partial charge in [-0.2, -0.15) is 0 Å². The summed E-state index contributed by atoms with van der Waals surface area (Å²) < 4.78 is 0. The minimum atomic E-state index is -0.00222. The van der Waals surface area contributed by atoms with E-state index in [0.717, 1.165) is 23.1 Å². The van der Waals surface area contributed by atoms with Gasteiger partial charge in [0.2, 0.25) is 0 Å². The fraction of sp³-hybridized carbons (Fsp3) is 0.350. The lowest BCUT2D eigenvalue weighted by atomic mass is 9.96. The molecule has 0 aromatic heterocycles. The summed E-state index contributed by atoms with van der Waals surface area (Å²) in [6, 6.07) is 16.1. The number of amides is 1. The predicted octanol–water partition coefficient (Wildman–Crippen LogP) is 4.82. The molecular weight excluding hydrogens is 270 g/mol. The largest absolute Gasteiger partial charge is 0.345 e. The van der Waals surface area contributed by atoms with Crippen molar-refractivity contribution in [2.75, 3.05) is 0 Å². The first-order valence-electron chi connectivity index (χ1n) is 7.90. The molecule has 2 heteroatoms. The van der Waals surface area contributed by atoms with E-state index in [0.29, 0.717) is 5.92 Å². The average molecular weight is 295 g/mol. The third kappa shape index (κ3) is 4.20. The van der Waals surface area contributed by atoms with E-state index in [1.807, 2.05) is 43.3 Å². The summed E-state index contributed by atoms with van der Waals surface area (Å²) in [6.45, 7) is 8.45. The maximum Gasteiger partial charge on any atom is 0.251 e. The van der Waals surface area contributed by atoms with Gasteiger partial charge in [-0.05, 0) is 55.0 Å². The van der Waals surface area contributed by atoms with Gasteiger partial charge in [-0.3, -0.25) is 4.79 Å². The van der Waals surface area contributed by atoms with Crippen LogP contribution in [0.2, 0.25) is 0 Å².